The molecule has 0 aliphatic heterocycles. The van der Waals surface area contributed by atoms with E-state index in [1.165, 1.54) is 0 Å². The van der Waals surface area contributed by atoms with E-state index >= 15 is 0 Å². The maximum Gasteiger partial charge on any atom is 0.338 e. The highest BCUT2D eigenvalue weighted by Crippen LogP contribution is 2.16. The Morgan fingerprint density at radius 1 is 0.629 bits per heavy atom. The van der Waals surface area contributed by atoms with Crippen LogP contribution in [-0.4, -0.2) is 109 Å². The molecule has 1 rings (SSSR count). The largest absolute Gasteiger partial charge is 0.491 e. The fraction of sp³-hybridized carbons (Fsp3) is 0.720. The van der Waals surface area contributed by atoms with Gasteiger partial charge in [0.05, 0.1) is 91.5 Å². The van der Waals surface area contributed by atoms with Gasteiger partial charge in [-0.15, -0.1) is 0 Å². The Morgan fingerprint density at radius 3 is 1.37 bits per heavy atom. The molecule has 202 valence electrons. The van der Waals surface area contributed by atoms with Crippen LogP contribution in [0.2, 0.25) is 0 Å². The van der Waals surface area contributed by atoms with Crippen LogP contribution in [0.5, 0.6) is 5.75 Å². The van der Waals surface area contributed by atoms with Crippen LogP contribution >= 0.6 is 0 Å². The van der Waals surface area contributed by atoms with E-state index < -0.39 is 5.60 Å². The van der Waals surface area contributed by atoms with Crippen molar-refractivity contribution in [1.82, 2.24) is 0 Å². The zero-order chi connectivity index (χ0) is 25.6. The third kappa shape index (κ3) is 19.1. The molecule has 0 aromatic heterocycles. The molecule has 1 N–H and O–H groups in total. The number of ether oxygens (including phenoxy) is 8. The second-order valence-corrected chi connectivity index (χ2v) is 8.27. The number of rotatable bonds is 22. The predicted molar refractivity (Wildman–Crippen MR) is 129 cm³/mol. The third-order valence-electron chi connectivity index (χ3n) is 4.08. The highest BCUT2D eigenvalue weighted by atomic mass is 16.6. The average molecular weight is 503 g/mol. The van der Waals surface area contributed by atoms with E-state index in [0.29, 0.717) is 97.2 Å². The van der Waals surface area contributed by atoms with Crippen LogP contribution in [0.3, 0.4) is 0 Å². The SMILES string of the molecule is CC(C)(C)OC(=O)c1ccc(OCCOCCOCCOCCOCCOCCOCCO)cc1. The molecule has 35 heavy (non-hydrogen) atoms. The van der Waals surface area contributed by atoms with Gasteiger partial charge in [-0.2, -0.15) is 0 Å². The van der Waals surface area contributed by atoms with Gasteiger partial charge in [0, 0.05) is 0 Å². The molecule has 0 spiro atoms. The van der Waals surface area contributed by atoms with Crippen LogP contribution in [-0.2, 0) is 33.2 Å². The van der Waals surface area contributed by atoms with Gasteiger partial charge in [0.15, 0.2) is 0 Å². The molecule has 1 aromatic carbocycles. The second kappa shape index (κ2) is 20.4. The van der Waals surface area contributed by atoms with Gasteiger partial charge < -0.3 is 43.0 Å². The van der Waals surface area contributed by atoms with Crippen molar-refractivity contribution in [2.24, 2.45) is 0 Å². The number of esters is 1. The van der Waals surface area contributed by atoms with Crippen molar-refractivity contribution in [3.63, 3.8) is 0 Å². The van der Waals surface area contributed by atoms with E-state index in [2.05, 4.69) is 0 Å². The fourth-order valence-corrected chi connectivity index (χ4v) is 2.51. The lowest BCUT2D eigenvalue weighted by molar-refractivity contribution is -0.0191. The van der Waals surface area contributed by atoms with Crippen molar-refractivity contribution >= 4 is 5.97 Å². The number of aliphatic hydroxyl groups excluding tert-OH is 1. The zero-order valence-corrected chi connectivity index (χ0v) is 21.3. The van der Waals surface area contributed by atoms with Crippen LogP contribution in [0, 0.1) is 0 Å². The molecular formula is C25H42O10. The summed E-state index contributed by atoms with van der Waals surface area (Å²) in [6.45, 7) is 11.6. The lowest BCUT2D eigenvalue weighted by Crippen LogP contribution is -2.23. The maximum atomic E-state index is 12.0. The highest BCUT2D eigenvalue weighted by molar-refractivity contribution is 5.89. The summed E-state index contributed by atoms with van der Waals surface area (Å²) in [5.74, 6) is 0.306. The molecule has 10 nitrogen and oxygen atoms in total. The van der Waals surface area contributed by atoms with Crippen molar-refractivity contribution < 1.29 is 47.8 Å². The van der Waals surface area contributed by atoms with E-state index in [1.807, 2.05) is 20.8 Å². The molecule has 0 fully saturated rings. The summed E-state index contributed by atoms with van der Waals surface area (Å²) in [6.07, 6.45) is 0. The van der Waals surface area contributed by atoms with E-state index in [9.17, 15) is 4.79 Å². The van der Waals surface area contributed by atoms with Crippen LogP contribution in [0.15, 0.2) is 24.3 Å². The Balaban J connectivity index is 1.84. The molecule has 0 amide bonds. The van der Waals surface area contributed by atoms with Crippen LogP contribution in [0.1, 0.15) is 31.1 Å². The fourth-order valence-electron chi connectivity index (χ4n) is 2.51. The molecule has 0 atom stereocenters. The summed E-state index contributed by atoms with van der Waals surface area (Å²) >= 11 is 0. The molecule has 0 bridgehead atoms. The first-order chi connectivity index (χ1) is 16.9. The second-order valence-electron chi connectivity index (χ2n) is 8.27. The Labute approximate surface area is 208 Å². The quantitative estimate of drug-likeness (QED) is 0.187. The molecule has 0 saturated carbocycles. The summed E-state index contributed by atoms with van der Waals surface area (Å²) < 4.78 is 43.0. The van der Waals surface area contributed by atoms with Gasteiger partial charge in [0.2, 0.25) is 0 Å². The summed E-state index contributed by atoms with van der Waals surface area (Å²) in [7, 11) is 0. The van der Waals surface area contributed by atoms with Gasteiger partial charge in [-0.25, -0.2) is 4.79 Å². The lowest BCUT2D eigenvalue weighted by atomic mass is 10.1. The van der Waals surface area contributed by atoms with Crippen LogP contribution in [0.25, 0.3) is 0 Å². The Kier molecular flexibility index (Phi) is 18.2. The number of carbonyl (C=O) groups is 1. The van der Waals surface area contributed by atoms with Crippen molar-refractivity contribution in [1.29, 1.82) is 0 Å². The summed E-state index contributed by atoms with van der Waals surface area (Å²) in [5, 5.41) is 8.56. The number of aliphatic hydroxyl groups is 1. The standard InChI is InChI=1S/C25H42O10/c1-25(2,3)35-24(27)22-4-6-23(7-5-22)34-21-20-33-19-18-32-17-16-31-15-14-30-13-12-29-11-10-28-9-8-26/h4-7,26H,8-21H2,1-3H3. The minimum Gasteiger partial charge on any atom is -0.491 e. The van der Waals surface area contributed by atoms with Crippen LogP contribution < -0.4 is 4.74 Å². The van der Waals surface area contributed by atoms with Crippen LogP contribution in [0.4, 0.5) is 0 Å². The first-order valence-electron chi connectivity index (χ1n) is 12.0. The van der Waals surface area contributed by atoms with E-state index in [1.54, 1.807) is 24.3 Å². The van der Waals surface area contributed by atoms with Gasteiger partial charge >= 0.3 is 5.97 Å². The maximum absolute atomic E-state index is 12.0. The van der Waals surface area contributed by atoms with Gasteiger partial charge in [0.1, 0.15) is 18.0 Å². The minimum absolute atomic E-state index is 0.0228. The van der Waals surface area contributed by atoms with Crippen molar-refractivity contribution in [3.8, 4) is 5.75 Å². The summed E-state index contributed by atoms with van der Waals surface area (Å²) in [4.78, 5) is 12.0. The predicted octanol–water partition coefficient (Wildman–Crippen LogP) is 2.11. The number of hydrogen-bond donors (Lipinski definition) is 1. The molecule has 1 aromatic rings. The van der Waals surface area contributed by atoms with Gasteiger partial charge in [-0.05, 0) is 45.0 Å². The molecule has 10 heteroatoms. The number of carbonyl (C=O) groups excluding carboxylic acids is 1. The monoisotopic (exact) mass is 502 g/mol. The van der Waals surface area contributed by atoms with E-state index in [0.717, 1.165) is 0 Å². The Bertz CT molecular complexity index is 630. The zero-order valence-electron chi connectivity index (χ0n) is 21.3. The average Bonchev–Trinajstić information content (AvgIpc) is 2.82. The molecule has 0 radical (unpaired) electrons. The Morgan fingerprint density at radius 2 is 1.00 bits per heavy atom. The first-order valence-corrected chi connectivity index (χ1v) is 12.0. The number of hydrogen-bond acceptors (Lipinski definition) is 10. The van der Waals surface area contributed by atoms with Crippen molar-refractivity contribution in [3.05, 3.63) is 29.8 Å². The van der Waals surface area contributed by atoms with Gasteiger partial charge in [0.25, 0.3) is 0 Å². The summed E-state index contributed by atoms with van der Waals surface area (Å²) in [6, 6.07) is 6.83. The van der Waals surface area contributed by atoms with Gasteiger partial charge in [-0.1, -0.05) is 0 Å². The molecular weight excluding hydrogens is 460 g/mol. The highest BCUT2D eigenvalue weighted by Gasteiger charge is 2.17. The molecule has 0 aliphatic rings. The minimum atomic E-state index is -0.524. The van der Waals surface area contributed by atoms with Crippen molar-refractivity contribution in [2.75, 3.05) is 92.5 Å². The molecule has 0 heterocycles. The molecule has 0 saturated heterocycles. The van der Waals surface area contributed by atoms with Gasteiger partial charge in [-0.3, -0.25) is 0 Å². The summed E-state index contributed by atoms with van der Waals surface area (Å²) in [5.41, 5.74) is -0.0378. The number of benzene rings is 1. The Hall–Kier alpha value is -1.79. The molecule has 0 unspecified atom stereocenters. The third-order valence-corrected chi connectivity index (χ3v) is 4.08. The first kappa shape index (κ1) is 31.2. The van der Waals surface area contributed by atoms with E-state index in [4.69, 9.17) is 43.0 Å². The van der Waals surface area contributed by atoms with Crippen molar-refractivity contribution in [2.45, 2.75) is 26.4 Å². The smallest absolute Gasteiger partial charge is 0.338 e. The molecule has 0 aliphatic carbocycles. The normalized spacial score (nSPS) is 11.5. The topological polar surface area (TPSA) is 111 Å². The van der Waals surface area contributed by atoms with E-state index in [-0.39, 0.29) is 12.6 Å². The lowest BCUT2D eigenvalue weighted by Gasteiger charge is -2.19.